The maximum Gasteiger partial charge on any atom is 0.293 e. The zero-order valence-corrected chi connectivity index (χ0v) is 21.0. The second-order valence-corrected chi connectivity index (χ2v) is 9.61. The van der Waals surface area contributed by atoms with Crippen LogP contribution in [0.3, 0.4) is 0 Å². The molecule has 1 saturated heterocycles. The van der Waals surface area contributed by atoms with Crippen molar-refractivity contribution in [2.24, 2.45) is 0 Å². The molecule has 0 aliphatic carbocycles. The molecule has 1 heterocycles. The number of benzene rings is 3. The largest absolute Gasteiger partial charge is 0.493 e. The number of carbonyl (C=O) groups excluding carboxylic acids is 2. The highest BCUT2D eigenvalue weighted by atomic mass is 79.9. The lowest BCUT2D eigenvalue weighted by atomic mass is 10.1. The number of ether oxygens (including phenoxy) is 2. The fraction of sp³-hybridized carbons (Fsp3) is 0.120. The molecule has 174 valence electrons. The van der Waals surface area contributed by atoms with Crippen LogP contribution in [0.25, 0.3) is 6.08 Å². The van der Waals surface area contributed by atoms with Crippen LogP contribution in [-0.4, -0.2) is 23.2 Å². The minimum Gasteiger partial charge on any atom is -0.493 e. The molecular weight excluding hydrogens is 545 g/mol. The van der Waals surface area contributed by atoms with Gasteiger partial charge in [-0.25, -0.2) is 4.39 Å². The molecule has 4 rings (SSSR count). The number of carbonyl (C=O) groups is 2. The van der Waals surface area contributed by atoms with E-state index in [9.17, 15) is 14.0 Å². The SMILES string of the molecule is COc1ccc(/C=C2\SC(=O)N(Cc3c(F)cccc3Cl)C2=O)cc1OCc1ccc(Br)cc1. The van der Waals surface area contributed by atoms with Crippen molar-refractivity contribution in [3.63, 3.8) is 0 Å². The van der Waals surface area contributed by atoms with E-state index < -0.39 is 17.0 Å². The Hall–Kier alpha value is -2.81. The van der Waals surface area contributed by atoms with Crippen molar-refractivity contribution in [1.82, 2.24) is 4.90 Å². The zero-order valence-electron chi connectivity index (χ0n) is 17.9. The van der Waals surface area contributed by atoms with E-state index in [-0.39, 0.29) is 22.0 Å². The van der Waals surface area contributed by atoms with Gasteiger partial charge in [0, 0.05) is 15.1 Å². The molecule has 0 unspecified atom stereocenters. The third-order valence-electron chi connectivity index (χ3n) is 5.04. The van der Waals surface area contributed by atoms with Gasteiger partial charge in [-0.2, -0.15) is 0 Å². The molecule has 0 spiro atoms. The van der Waals surface area contributed by atoms with Crippen LogP contribution in [0.15, 0.2) is 70.0 Å². The van der Waals surface area contributed by atoms with E-state index in [4.69, 9.17) is 21.1 Å². The molecule has 9 heteroatoms. The third-order valence-corrected chi connectivity index (χ3v) is 6.83. The number of halogens is 3. The predicted molar refractivity (Wildman–Crippen MR) is 134 cm³/mol. The molecule has 0 radical (unpaired) electrons. The molecule has 0 bridgehead atoms. The minimum atomic E-state index is -0.571. The summed E-state index contributed by atoms with van der Waals surface area (Å²) < 4.78 is 26.4. The maximum absolute atomic E-state index is 14.1. The second-order valence-electron chi connectivity index (χ2n) is 7.29. The molecule has 34 heavy (non-hydrogen) atoms. The molecule has 1 aliphatic heterocycles. The van der Waals surface area contributed by atoms with Crippen LogP contribution < -0.4 is 9.47 Å². The van der Waals surface area contributed by atoms with Gasteiger partial charge in [0.25, 0.3) is 11.1 Å². The van der Waals surface area contributed by atoms with Crippen molar-refractivity contribution in [2.75, 3.05) is 7.11 Å². The number of rotatable bonds is 7. The van der Waals surface area contributed by atoms with Crippen LogP contribution >= 0.6 is 39.3 Å². The summed E-state index contributed by atoms with van der Waals surface area (Å²) in [5.74, 6) is -0.0474. The lowest BCUT2D eigenvalue weighted by molar-refractivity contribution is -0.123. The molecule has 3 aromatic carbocycles. The van der Waals surface area contributed by atoms with Gasteiger partial charge in [0.2, 0.25) is 0 Å². The number of amides is 2. The summed E-state index contributed by atoms with van der Waals surface area (Å²) in [7, 11) is 1.54. The van der Waals surface area contributed by atoms with Gasteiger partial charge in [-0.3, -0.25) is 14.5 Å². The maximum atomic E-state index is 14.1. The molecule has 0 saturated carbocycles. The standard InChI is InChI=1S/C25H18BrClFNO4S/c1-32-21-10-7-16(11-22(21)33-14-15-5-8-17(26)9-6-15)12-23-24(30)29(25(31)34-23)13-18-19(27)3-2-4-20(18)28/h2-12H,13-14H2,1H3/b23-12-. The molecule has 0 N–H and O–H groups in total. The molecule has 2 amide bonds. The van der Waals surface area contributed by atoms with Gasteiger partial charge in [0.05, 0.1) is 18.6 Å². The van der Waals surface area contributed by atoms with Crippen LogP contribution in [0.2, 0.25) is 5.02 Å². The molecule has 5 nitrogen and oxygen atoms in total. The number of hydrogen-bond acceptors (Lipinski definition) is 5. The van der Waals surface area contributed by atoms with Gasteiger partial charge >= 0.3 is 0 Å². The lowest BCUT2D eigenvalue weighted by Crippen LogP contribution is -2.28. The quantitative estimate of drug-likeness (QED) is 0.288. The van der Waals surface area contributed by atoms with E-state index in [0.29, 0.717) is 23.7 Å². The van der Waals surface area contributed by atoms with Gasteiger partial charge < -0.3 is 9.47 Å². The normalized spacial score (nSPS) is 14.7. The van der Waals surface area contributed by atoms with E-state index in [0.717, 1.165) is 26.7 Å². The number of hydrogen-bond donors (Lipinski definition) is 0. The first kappa shape index (κ1) is 24.3. The Balaban J connectivity index is 1.54. The van der Waals surface area contributed by atoms with Gasteiger partial charge in [0.1, 0.15) is 12.4 Å². The monoisotopic (exact) mass is 561 g/mol. The molecule has 0 aromatic heterocycles. The fourth-order valence-electron chi connectivity index (χ4n) is 3.27. The third kappa shape index (κ3) is 5.46. The average Bonchev–Trinajstić information content (AvgIpc) is 3.08. The summed E-state index contributed by atoms with van der Waals surface area (Å²) in [4.78, 5) is 26.6. The average molecular weight is 563 g/mol. The highest BCUT2D eigenvalue weighted by Crippen LogP contribution is 2.36. The Bertz CT molecular complexity index is 1260. The Morgan fingerprint density at radius 1 is 1.09 bits per heavy atom. The van der Waals surface area contributed by atoms with Crippen LogP contribution in [-0.2, 0) is 17.9 Å². The number of imide groups is 1. The van der Waals surface area contributed by atoms with Crippen molar-refractivity contribution < 1.29 is 23.5 Å². The number of methoxy groups -OCH3 is 1. The van der Waals surface area contributed by atoms with Crippen LogP contribution in [0.5, 0.6) is 11.5 Å². The molecule has 0 atom stereocenters. The summed E-state index contributed by atoms with van der Waals surface area (Å²) in [6.45, 7) is 0.0880. The van der Waals surface area contributed by atoms with Crippen molar-refractivity contribution in [3.8, 4) is 11.5 Å². The Kier molecular flexibility index (Phi) is 7.60. The zero-order chi connectivity index (χ0) is 24.2. The first-order chi connectivity index (χ1) is 16.4. The van der Waals surface area contributed by atoms with Crippen molar-refractivity contribution in [3.05, 3.63) is 97.6 Å². The second kappa shape index (κ2) is 10.6. The number of thioether (sulfide) groups is 1. The van der Waals surface area contributed by atoms with Crippen molar-refractivity contribution >= 4 is 56.5 Å². The first-order valence-corrected chi connectivity index (χ1v) is 12.1. The Morgan fingerprint density at radius 2 is 1.85 bits per heavy atom. The van der Waals surface area contributed by atoms with Crippen LogP contribution in [0.4, 0.5) is 9.18 Å². The van der Waals surface area contributed by atoms with Gasteiger partial charge in [-0.05, 0) is 65.4 Å². The van der Waals surface area contributed by atoms with Crippen molar-refractivity contribution in [1.29, 1.82) is 0 Å². The Labute approximate surface area is 213 Å². The lowest BCUT2D eigenvalue weighted by Gasteiger charge is -2.14. The molecular formula is C25H18BrClFNO4S. The number of nitrogens with zero attached hydrogens (tertiary/aromatic N) is 1. The summed E-state index contributed by atoms with van der Waals surface area (Å²) in [5, 5.41) is -0.332. The Morgan fingerprint density at radius 3 is 2.56 bits per heavy atom. The highest BCUT2D eigenvalue weighted by Gasteiger charge is 2.36. The summed E-state index contributed by atoms with van der Waals surface area (Å²) in [5.41, 5.74) is 1.73. The smallest absolute Gasteiger partial charge is 0.293 e. The van der Waals surface area contributed by atoms with Gasteiger partial charge in [-0.1, -0.05) is 51.8 Å². The van der Waals surface area contributed by atoms with Gasteiger partial charge in [0.15, 0.2) is 11.5 Å². The van der Waals surface area contributed by atoms with E-state index in [2.05, 4.69) is 15.9 Å². The topological polar surface area (TPSA) is 55.8 Å². The summed E-state index contributed by atoms with van der Waals surface area (Å²) >= 11 is 10.3. The minimum absolute atomic E-state index is 0.0980. The van der Waals surface area contributed by atoms with E-state index in [1.807, 2.05) is 24.3 Å². The first-order valence-electron chi connectivity index (χ1n) is 10.1. The fourth-order valence-corrected chi connectivity index (χ4v) is 4.59. The highest BCUT2D eigenvalue weighted by molar-refractivity contribution is 9.10. The van der Waals surface area contributed by atoms with E-state index in [1.54, 1.807) is 31.4 Å². The molecule has 1 aliphatic rings. The van der Waals surface area contributed by atoms with Crippen molar-refractivity contribution in [2.45, 2.75) is 13.2 Å². The van der Waals surface area contributed by atoms with E-state index in [1.165, 1.54) is 18.2 Å². The van der Waals surface area contributed by atoms with Crippen LogP contribution in [0, 0.1) is 5.82 Å². The summed E-state index contributed by atoms with van der Waals surface area (Å²) in [6, 6.07) is 17.2. The predicted octanol–water partition coefficient (Wildman–Crippen LogP) is 7.07. The molecule has 1 fully saturated rings. The van der Waals surface area contributed by atoms with E-state index >= 15 is 0 Å². The summed E-state index contributed by atoms with van der Waals surface area (Å²) in [6.07, 6.45) is 1.60. The van der Waals surface area contributed by atoms with Gasteiger partial charge in [-0.15, -0.1) is 0 Å². The van der Waals surface area contributed by atoms with Crippen LogP contribution in [0.1, 0.15) is 16.7 Å². The molecule has 3 aromatic rings.